The Morgan fingerprint density at radius 3 is 3.07 bits per heavy atom. The molecule has 0 N–H and O–H groups in total. The molecule has 0 amide bonds. The van der Waals surface area contributed by atoms with Gasteiger partial charge in [-0.25, -0.2) is 4.98 Å². The lowest BCUT2D eigenvalue weighted by molar-refractivity contribution is 0.640. The van der Waals surface area contributed by atoms with Gasteiger partial charge < -0.3 is 4.57 Å². The normalized spacial score (nSPS) is 16.1. The highest BCUT2D eigenvalue weighted by Gasteiger charge is 2.22. The van der Waals surface area contributed by atoms with Crippen molar-refractivity contribution in [2.45, 2.75) is 24.3 Å². The molecule has 0 saturated heterocycles. The molecule has 1 aromatic carbocycles. The first-order valence-electron chi connectivity index (χ1n) is 5.36. The van der Waals surface area contributed by atoms with Crippen LogP contribution in [0.1, 0.15) is 12.8 Å². The third kappa shape index (κ3) is 1.65. The molecule has 78 valence electrons. The summed E-state index contributed by atoms with van der Waals surface area (Å²) in [5.41, 5.74) is 2.44. The van der Waals surface area contributed by atoms with Crippen LogP contribution in [0.5, 0.6) is 0 Å². The molecule has 3 heteroatoms. The third-order valence-corrected chi connectivity index (χ3v) is 3.74. The van der Waals surface area contributed by atoms with Gasteiger partial charge in [-0.15, -0.1) is 11.8 Å². The molecule has 0 atom stereocenters. The first-order chi connectivity index (χ1) is 7.38. The summed E-state index contributed by atoms with van der Waals surface area (Å²) < 4.78 is 2.32. The van der Waals surface area contributed by atoms with E-state index in [0.717, 1.165) is 18.0 Å². The summed E-state index contributed by atoms with van der Waals surface area (Å²) in [5.74, 6) is 0.900. The van der Waals surface area contributed by atoms with Crippen molar-refractivity contribution in [3.8, 4) is 0 Å². The van der Waals surface area contributed by atoms with Gasteiger partial charge in [0, 0.05) is 11.4 Å². The predicted molar refractivity (Wildman–Crippen MR) is 64.2 cm³/mol. The molecule has 1 heterocycles. The number of rotatable bonds is 3. The quantitative estimate of drug-likeness (QED) is 0.736. The van der Waals surface area contributed by atoms with Crippen molar-refractivity contribution in [1.29, 1.82) is 0 Å². The molecule has 0 radical (unpaired) electrons. The molecule has 2 nitrogen and oxygen atoms in total. The number of imidazole rings is 1. The highest BCUT2D eigenvalue weighted by Crippen LogP contribution is 2.33. The molecule has 1 saturated carbocycles. The predicted octanol–water partition coefficient (Wildman–Crippen LogP) is 3.17. The van der Waals surface area contributed by atoms with Gasteiger partial charge in [0.25, 0.3) is 0 Å². The minimum Gasteiger partial charge on any atom is -0.329 e. The third-order valence-electron chi connectivity index (χ3n) is 2.97. The molecule has 2 aromatic rings. The second-order valence-corrected chi connectivity index (χ2v) is 5.02. The summed E-state index contributed by atoms with van der Waals surface area (Å²) in [6, 6.07) is 6.36. The van der Waals surface area contributed by atoms with Crippen molar-refractivity contribution >= 4 is 22.8 Å². The van der Waals surface area contributed by atoms with E-state index in [0.29, 0.717) is 0 Å². The Morgan fingerprint density at radius 1 is 1.47 bits per heavy atom. The Balaban J connectivity index is 2.11. The lowest BCUT2D eigenvalue weighted by Gasteiger charge is -2.05. The summed E-state index contributed by atoms with van der Waals surface area (Å²) in [5, 5.41) is 0. The van der Waals surface area contributed by atoms with Crippen LogP contribution >= 0.6 is 11.8 Å². The van der Waals surface area contributed by atoms with Gasteiger partial charge in [0.15, 0.2) is 0 Å². The van der Waals surface area contributed by atoms with Crippen LogP contribution in [-0.2, 0) is 6.54 Å². The van der Waals surface area contributed by atoms with E-state index in [1.54, 1.807) is 11.8 Å². The highest BCUT2D eigenvalue weighted by atomic mass is 32.2. The topological polar surface area (TPSA) is 17.8 Å². The Bertz CT molecular complexity index is 485. The fraction of sp³-hybridized carbons (Fsp3) is 0.417. The monoisotopic (exact) mass is 218 g/mol. The largest absolute Gasteiger partial charge is 0.329 e. The number of hydrogen-bond acceptors (Lipinski definition) is 2. The van der Waals surface area contributed by atoms with Crippen LogP contribution in [0.4, 0.5) is 0 Å². The number of thioether (sulfide) groups is 1. The molecule has 1 aliphatic rings. The highest BCUT2D eigenvalue weighted by molar-refractivity contribution is 7.98. The summed E-state index contributed by atoms with van der Waals surface area (Å²) in [6.45, 7) is 1.15. The molecule has 3 rings (SSSR count). The molecule has 1 aromatic heterocycles. The molecular formula is C12H14N2S. The number of hydrogen-bond donors (Lipinski definition) is 0. The SMILES string of the molecule is CSc1cccc2ncn(CC3CC3)c12. The summed E-state index contributed by atoms with van der Waals surface area (Å²) in [6.07, 6.45) is 6.90. The van der Waals surface area contributed by atoms with E-state index in [-0.39, 0.29) is 0 Å². The van der Waals surface area contributed by atoms with Crippen molar-refractivity contribution < 1.29 is 0 Å². The standard InChI is InChI=1S/C12H14N2S/c1-15-11-4-2-3-10-12(11)14(8-13-10)7-9-5-6-9/h2-4,8-9H,5-7H2,1H3. The fourth-order valence-electron chi connectivity index (χ4n) is 1.97. The zero-order chi connectivity index (χ0) is 10.3. The van der Waals surface area contributed by atoms with Crippen LogP contribution in [-0.4, -0.2) is 15.8 Å². The minimum atomic E-state index is 0.900. The lowest BCUT2D eigenvalue weighted by Crippen LogP contribution is -1.98. The van der Waals surface area contributed by atoms with E-state index < -0.39 is 0 Å². The summed E-state index contributed by atoms with van der Waals surface area (Å²) >= 11 is 1.80. The van der Waals surface area contributed by atoms with E-state index in [4.69, 9.17) is 0 Å². The van der Waals surface area contributed by atoms with Gasteiger partial charge in [-0.2, -0.15) is 0 Å². The Morgan fingerprint density at radius 2 is 2.33 bits per heavy atom. The maximum Gasteiger partial charge on any atom is 0.0958 e. The Labute approximate surface area is 93.7 Å². The molecule has 1 aliphatic carbocycles. The summed E-state index contributed by atoms with van der Waals surface area (Å²) in [4.78, 5) is 5.80. The van der Waals surface area contributed by atoms with Gasteiger partial charge in [0.2, 0.25) is 0 Å². The van der Waals surface area contributed by atoms with Crippen molar-refractivity contribution in [2.24, 2.45) is 5.92 Å². The van der Waals surface area contributed by atoms with Crippen molar-refractivity contribution in [3.63, 3.8) is 0 Å². The minimum absolute atomic E-state index is 0.900. The maximum absolute atomic E-state index is 4.46. The molecule has 1 fully saturated rings. The second kappa shape index (κ2) is 3.56. The summed E-state index contributed by atoms with van der Waals surface area (Å²) in [7, 11) is 0. The molecule has 0 bridgehead atoms. The Kier molecular flexibility index (Phi) is 2.20. The van der Waals surface area contributed by atoms with Crippen LogP contribution in [0.15, 0.2) is 29.4 Å². The molecular weight excluding hydrogens is 204 g/mol. The van der Waals surface area contributed by atoms with Crippen molar-refractivity contribution in [2.75, 3.05) is 6.26 Å². The maximum atomic E-state index is 4.46. The zero-order valence-electron chi connectivity index (χ0n) is 8.81. The van der Waals surface area contributed by atoms with Gasteiger partial charge >= 0.3 is 0 Å². The zero-order valence-corrected chi connectivity index (χ0v) is 9.63. The Hall–Kier alpha value is -0.960. The average molecular weight is 218 g/mol. The average Bonchev–Trinajstić information content (AvgIpc) is 2.98. The van der Waals surface area contributed by atoms with Crippen molar-refractivity contribution in [1.82, 2.24) is 9.55 Å². The van der Waals surface area contributed by atoms with Gasteiger partial charge in [-0.05, 0) is 37.1 Å². The molecule has 15 heavy (non-hydrogen) atoms. The first-order valence-corrected chi connectivity index (χ1v) is 6.59. The van der Waals surface area contributed by atoms with E-state index in [1.807, 2.05) is 6.33 Å². The molecule has 0 spiro atoms. The van der Waals surface area contributed by atoms with Gasteiger partial charge in [-0.1, -0.05) is 6.07 Å². The molecule has 0 unspecified atom stereocenters. The molecule has 0 aliphatic heterocycles. The first kappa shape index (κ1) is 9.28. The van der Waals surface area contributed by atoms with E-state index >= 15 is 0 Å². The number of para-hydroxylation sites is 1. The number of aromatic nitrogens is 2. The smallest absolute Gasteiger partial charge is 0.0958 e. The van der Waals surface area contributed by atoms with E-state index in [2.05, 4.69) is 34.0 Å². The number of nitrogens with zero attached hydrogens (tertiary/aromatic N) is 2. The van der Waals surface area contributed by atoms with Crippen LogP contribution in [0.2, 0.25) is 0 Å². The van der Waals surface area contributed by atoms with E-state index in [1.165, 1.54) is 23.3 Å². The number of fused-ring (bicyclic) bond motifs is 1. The van der Waals surface area contributed by atoms with Gasteiger partial charge in [0.05, 0.1) is 17.4 Å². The lowest BCUT2D eigenvalue weighted by atomic mass is 10.3. The fourth-order valence-corrected chi connectivity index (χ4v) is 2.60. The van der Waals surface area contributed by atoms with Gasteiger partial charge in [-0.3, -0.25) is 0 Å². The van der Waals surface area contributed by atoms with Crippen molar-refractivity contribution in [3.05, 3.63) is 24.5 Å². The number of benzene rings is 1. The van der Waals surface area contributed by atoms with Crippen LogP contribution in [0, 0.1) is 5.92 Å². The second-order valence-electron chi connectivity index (χ2n) is 4.17. The van der Waals surface area contributed by atoms with Crippen LogP contribution < -0.4 is 0 Å². The van der Waals surface area contributed by atoms with Crippen LogP contribution in [0.25, 0.3) is 11.0 Å². The van der Waals surface area contributed by atoms with Gasteiger partial charge in [0.1, 0.15) is 0 Å². The van der Waals surface area contributed by atoms with Crippen LogP contribution in [0.3, 0.4) is 0 Å². The van der Waals surface area contributed by atoms with E-state index in [9.17, 15) is 0 Å².